The van der Waals surface area contributed by atoms with Crippen LogP contribution in [0, 0.1) is 5.82 Å². The number of hydrogen-bond donors (Lipinski definition) is 2. The minimum Gasteiger partial charge on any atom is -0.386 e. The Morgan fingerprint density at radius 3 is 2.27 bits per heavy atom. The van der Waals surface area contributed by atoms with Crippen molar-refractivity contribution in [2.24, 2.45) is 0 Å². The molecule has 0 aliphatic carbocycles. The van der Waals surface area contributed by atoms with Crippen LogP contribution in [-0.2, 0) is 0 Å². The zero-order valence-electron chi connectivity index (χ0n) is 15.5. The largest absolute Gasteiger partial charge is 0.386 e. The Balaban J connectivity index is 1.32. The summed E-state index contributed by atoms with van der Waals surface area (Å²) in [6, 6.07) is 15.1. The topological polar surface area (TPSA) is 30.5 Å². The van der Waals surface area contributed by atoms with Crippen LogP contribution in [0.5, 0.6) is 0 Å². The summed E-state index contributed by atoms with van der Waals surface area (Å²) in [5, 5.41) is 6.73. The third-order valence-corrected chi connectivity index (χ3v) is 4.98. The maximum Gasteiger partial charge on any atom is 0.123 e. The molecule has 0 unspecified atom stereocenters. The van der Waals surface area contributed by atoms with E-state index in [1.807, 2.05) is 25.2 Å². The van der Waals surface area contributed by atoms with Crippen molar-refractivity contribution in [3.05, 3.63) is 54.3 Å². The highest BCUT2D eigenvalue weighted by Gasteiger charge is 2.16. The minimum absolute atomic E-state index is 0.168. The summed E-state index contributed by atoms with van der Waals surface area (Å²) in [5.74, 6) is -0.168. The van der Waals surface area contributed by atoms with Crippen molar-refractivity contribution < 1.29 is 4.39 Å². The molecule has 1 saturated heterocycles. The first-order chi connectivity index (χ1) is 12.8. The minimum atomic E-state index is -0.168. The predicted octanol–water partition coefficient (Wildman–Crippen LogP) is 3.88. The van der Waals surface area contributed by atoms with Gasteiger partial charge in [-0.3, -0.25) is 4.90 Å². The molecule has 2 aromatic carbocycles. The van der Waals surface area contributed by atoms with Gasteiger partial charge in [0.05, 0.1) is 11.4 Å². The third-order valence-electron chi connectivity index (χ3n) is 4.98. The molecule has 2 aromatic rings. The maximum absolute atomic E-state index is 13.0. The summed E-state index contributed by atoms with van der Waals surface area (Å²) in [7, 11) is 1.95. The Hall–Kier alpha value is -2.27. The van der Waals surface area contributed by atoms with E-state index in [1.54, 1.807) is 12.1 Å². The Kier molecular flexibility index (Phi) is 6.72. The molecule has 0 bridgehead atoms. The van der Waals surface area contributed by atoms with Gasteiger partial charge in [-0.15, -0.1) is 0 Å². The van der Waals surface area contributed by atoms with Crippen LogP contribution in [0.15, 0.2) is 48.5 Å². The fourth-order valence-corrected chi connectivity index (χ4v) is 3.42. The normalized spacial score (nSPS) is 15.1. The highest BCUT2D eigenvalue weighted by Crippen LogP contribution is 2.20. The molecule has 3 rings (SSSR count). The van der Waals surface area contributed by atoms with Crippen molar-refractivity contribution in [1.82, 2.24) is 4.90 Å². The monoisotopic (exact) mass is 356 g/mol. The van der Waals surface area contributed by atoms with Gasteiger partial charge in [-0.2, -0.15) is 0 Å². The Morgan fingerprint density at radius 1 is 0.885 bits per heavy atom. The van der Waals surface area contributed by atoms with Crippen molar-refractivity contribution >= 4 is 17.1 Å². The van der Waals surface area contributed by atoms with E-state index in [0.29, 0.717) is 0 Å². The number of nitrogens with one attached hydrogen (secondary N) is 2. The first kappa shape index (κ1) is 18.5. The summed E-state index contributed by atoms with van der Waals surface area (Å²) in [4.78, 5) is 4.87. The SMILES string of the molecule is CNc1ccccc1NCCCCN1CCN(c2ccc(F)cc2)CC1. The zero-order chi connectivity index (χ0) is 18.2. The van der Waals surface area contributed by atoms with Crippen molar-refractivity contribution in [2.75, 3.05) is 61.8 Å². The Bertz CT molecular complexity index is 666. The number of hydrogen-bond acceptors (Lipinski definition) is 4. The fraction of sp³-hybridized carbons (Fsp3) is 0.429. The molecule has 5 heteroatoms. The van der Waals surface area contributed by atoms with Gasteiger partial charge in [-0.25, -0.2) is 4.39 Å². The molecule has 26 heavy (non-hydrogen) atoms. The first-order valence-electron chi connectivity index (χ1n) is 9.50. The van der Waals surface area contributed by atoms with Gasteiger partial charge in [-0.1, -0.05) is 12.1 Å². The average molecular weight is 356 g/mol. The van der Waals surface area contributed by atoms with Crippen molar-refractivity contribution in [2.45, 2.75) is 12.8 Å². The van der Waals surface area contributed by atoms with E-state index in [2.05, 4.69) is 38.6 Å². The average Bonchev–Trinajstić information content (AvgIpc) is 2.69. The zero-order valence-corrected chi connectivity index (χ0v) is 15.5. The van der Waals surface area contributed by atoms with Crippen LogP contribution in [0.4, 0.5) is 21.5 Å². The molecule has 0 saturated carbocycles. The van der Waals surface area contributed by atoms with Gasteiger partial charge in [0.1, 0.15) is 5.82 Å². The third kappa shape index (κ3) is 5.11. The van der Waals surface area contributed by atoms with Crippen LogP contribution in [-0.4, -0.2) is 51.2 Å². The Morgan fingerprint density at radius 2 is 1.58 bits per heavy atom. The number of anilines is 3. The molecule has 0 atom stereocenters. The number of para-hydroxylation sites is 2. The quantitative estimate of drug-likeness (QED) is 0.703. The van der Waals surface area contributed by atoms with E-state index in [9.17, 15) is 4.39 Å². The molecule has 2 N–H and O–H groups in total. The molecule has 4 nitrogen and oxygen atoms in total. The molecule has 1 fully saturated rings. The lowest BCUT2D eigenvalue weighted by molar-refractivity contribution is 0.254. The van der Waals surface area contributed by atoms with E-state index >= 15 is 0 Å². The molecular formula is C21H29FN4. The molecule has 0 radical (unpaired) electrons. The van der Waals surface area contributed by atoms with Gasteiger partial charge in [0, 0.05) is 45.5 Å². The lowest BCUT2D eigenvalue weighted by atomic mass is 10.2. The summed E-state index contributed by atoms with van der Waals surface area (Å²) < 4.78 is 13.0. The molecule has 140 valence electrons. The number of piperazine rings is 1. The molecule has 1 aliphatic heterocycles. The second kappa shape index (κ2) is 9.43. The molecule has 0 spiro atoms. The van der Waals surface area contributed by atoms with Gasteiger partial charge in [0.25, 0.3) is 0 Å². The molecule has 1 heterocycles. The van der Waals surface area contributed by atoms with Gasteiger partial charge in [0.2, 0.25) is 0 Å². The summed E-state index contributed by atoms with van der Waals surface area (Å²) in [5.41, 5.74) is 3.44. The second-order valence-electron chi connectivity index (χ2n) is 6.73. The van der Waals surface area contributed by atoms with Gasteiger partial charge >= 0.3 is 0 Å². The van der Waals surface area contributed by atoms with E-state index < -0.39 is 0 Å². The second-order valence-corrected chi connectivity index (χ2v) is 6.73. The van der Waals surface area contributed by atoms with Crippen LogP contribution in [0.25, 0.3) is 0 Å². The smallest absolute Gasteiger partial charge is 0.123 e. The van der Waals surface area contributed by atoms with Crippen molar-refractivity contribution in [3.63, 3.8) is 0 Å². The number of nitrogens with zero attached hydrogens (tertiary/aromatic N) is 2. The lowest BCUT2D eigenvalue weighted by Gasteiger charge is -2.36. The van der Waals surface area contributed by atoms with Gasteiger partial charge in [-0.05, 0) is 55.8 Å². The van der Waals surface area contributed by atoms with Crippen LogP contribution in [0.3, 0.4) is 0 Å². The molecular weight excluding hydrogens is 327 g/mol. The number of benzene rings is 2. The number of halogens is 1. The van der Waals surface area contributed by atoms with E-state index in [0.717, 1.165) is 57.1 Å². The highest BCUT2D eigenvalue weighted by atomic mass is 19.1. The summed E-state index contributed by atoms with van der Waals surface area (Å²) in [6.07, 6.45) is 2.36. The molecule has 0 amide bonds. The van der Waals surface area contributed by atoms with Crippen molar-refractivity contribution in [3.8, 4) is 0 Å². The van der Waals surface area contributed by atoms with Crippen LogP contribution in [0.1, 0.15) is 12.8 Å². The van der Waals surface area contributed by atoms with Crippen LogP contribution < -0.4 is 15.5 Å². The van der Waals surface area contributed by atoms with E-state index in [4.69, 9.17) is 0 Å². The number of rotatable bonds is 8. The lowest BCUT2D eigenvalue weighted by Crippen LogP contribution is -2.46. The number of unbranched alkanes of at least 4 members (excludes halogenated alkanes) is 1. The van der Waals surface area contributed by atoms with Crippen LogP contribution in [0.2, 0.25) is 0 Å². The fourth-order valence-electron chi connectivity index (χ4n) is 3.42. The van der Waals surface area contributed by atoms with E-state index in [1.165, 1.54) is 12.1 Å². The van der Waals surface area contributed by atoms with E-state index in [-0.39, 0.29) is 5.82 Å². The summed E-state index contributed by atoms with van der Waals surface area (Å²) in [6.45, 7) is 6.32. The van der Waals surface area contributed by atoms with Gasteiger partial charge in [0.15, 0.2) is 0 Å². The summed E-state index contributed by atoms with van der Waals surface area (Å²) >= 11 is 0. The predicted molar refractivity (Wildman–Crippen MR) is 109 cm³/mol. The standard InChI is InChI=1S/C21H29FN4/c1-23-20-6-2-3-7-21(20)24-12-4-5-13-25-14-16-26(17-15-25)19-10-8-18(22)9-11-19/h2-3,6-11,23-24H,4-5,12-17H2,1H3. The van der Waals surface area contributed by atoms with Crippen LogP contribution >= 0.6 is 0 Å². The van der Waals surface area contributed by atoms with Gasteiger partial charge < -0.3 is 15.5 Å². The molecule has 1 aliphatic rings. The molecule has 0 aromatic heterocycles. The van der Waals surface area contributed by atoms with Crippen molar-refractivity contribution in [1.29, 1.82) is 0 Å². The Labute approximate surface area is 156 Å². The maximum atomic E-state index is 13.0. The first-order valence-corrected chi connectivity index (χ1v) is 9.50. The highest BCUT2D eigenvalue weighted by molar-refractivity contribution is 5.68.